The molecule has 2 atom stereocenters. The zero-order chi connectivity index (χ0) is 25.1. The largest absolute Gasteiger partial charge is 0.147 e. The van der Waals surface area contributed by atoms with Crippen LogP contribution >= 0.6 is 24.8 Å². The molecule has 2 unspecified atom stereocenters. The van der Waals surface area contributed by atoms with Gasteiger partial charge in [0.15, 0.2) is 0 Å². The maximum atomic E-state index is 2.80. The van der Waals surface area contributed by atoms with E-state index in [2.05, 4.69) is 115 Å². The topological polar surface area (TPSA) is 0 Å². The SMILES string of the molecule is CCCC1=Cc2ccc3ccccc3c2[CH]1[Zr]([CH3])([CH3])(=[SiH2])[CH]1C(CCC)=Cc2ccc3ccccc3c21.Cl.Cl. The number of hydrogen-bond acceptors (Lipinski definition) is 0. The van der Waals surface area contributed by atoms with E-state index in [1.807, 2.05) is 0 Å². The Balaban J connectivity index is 0.00000168. The molecule has 0 aromatic heterocycles. The quantitative estimate of drug-likeness (QED) is 0.184. The first-order valence-corrected chi connectivity index (χ1v) is 27.5. The van der Waals surface area contributed by atoms with Crippen LogP contribution in [0.1, 0.15) is 69.0 Å². The first-order chi connectivity index (χ1) is 17.3. The molecule has 4 heteroatoms. The van der Waals surface area contributed by atoms with Crippen LogP contribution in [0, 0.1) is 0 Å². The molecule has 0 spiro atoms. The Morgan fingerprint density at radius 1 is 0.605 bits per heavy atom. The van der Waals surface area contributed by atoms with Crippen LogP contribution in [-0.2, 0) is 17.4 Å². The third kappa shape index (κ3) is 4.54. The standard InChI is InChI=1S/2C16H15.2CH3.2ClH.H2Si.Zr/c2*1-2-5-12-10-14-9-8-13-6-3-4-7-15(13)16(14)11-12;;;;;;/h2*3-4,6-11H,2,5H2,1H3;2*1H3;2*1H;1H2;. The smallest absolute Gasteiger partial charge is 0.147 e. The molecular weight excluding hydrogens is 599 g/mol. The van der Waals surface area contributed by atoms with E-state index < -0.39 is 17.4 Å². The molecule has 0 nitrogen and oxygen atoms in total. The van der Waals surface area contributed by atoms with Crippen molar-refractivity contribution < 1.29 is 17.4 Å². The monoisotopic (exact) mass is 636 g/mol. The summed E-state index contributed by atoms with van der Waals surface area (Å²) in [6.07, 6.45) is 10.0. The normalized spacial score (nSPS) is 18.3. The molecule has 2 aliphatic rings. The molecule has 0 amide bonds. The number of fused-ring (bicyclic) bond motifs is 6. The van der Waals surface area contributed by atoms with Crippen molar-refractivity contribution >= 4 is 65.4 Å². The van der Waals surface area contributed by atoms with Crippen LogP contribution < -0.4 is 0 Å². The van der Waals surface area contributed by atoms with E-state index in [-0.39, 0.29) is 24.8 Å². The minimum Gasteiger partial charge on any atom is -0.147 e. The summed E-state index contributed by atoms with van der Waals surface area (Å²) in [4.78, 5) is 0. The van der Waals surface area contributed by atoms with Crippen LogP contribution in [0.3, 0.4) is 0 Å². The van der Waals surface area contributed by atoms with Crippen LogP contribution in [0.5, 0.6) is 0 Å². The Kier molecular flexibility index (Phi) is 8.44. The summed E-state index contributed by atoms with van der Waals surface area (Å²) in [6, 6.07) is 27.7. The van der Waals surface area contributed by atoms with Crippen molar-refractivity contribution in [2.45, 2.75) is 56.0 Å². The Hall–Kier alpha value is -1.44. The van der Waals surface area contributed by atoms with Crippen molar-refractivity contribution in [2.24, 2.45) is 0 Å². The zero-order valence-electron chi connectivity index (χ0n) is 23.1. The van der Waals surface area contributed by atoms with Crippen molar-refractivity contribution in [1.82, 2.24) is 0 Å². The van der Waals surface area contributed by atoms with Crippen LogP contribution in [-0.4, -0.2) is 6.88 Å². The summed E-state index contributed by atoms with van der Waals surface area (Å²) in [5, 5.41) is 5.75. The summed E-state index contributed by atoms with van der Waals surface area (Å²) in [6.45, 7) is 7.20. The number of halogens is 2. The van der Waals surface area contributed by atoms with Gasteiger partial charge < -0.3 is 0 Å². The minimum absolute atomic E-state index is 0. The molecule has 2 aliphatic carbocycles. The van der Waals surface area contributed by atoms with Crippen molar-refractivity contribution in [2.75, 3.05) is 0 Å². The van der Waals surface area contributed by atoms with Crippen molar-refractivity contribution in [3.8, 4) is 0 Å². The Bertz CT molecular complexity index is 1540. The predicted octanol–water partition coefficient (Wildman–Crippen LogP) is 10.3. The van der Waals surface area contributed by atoms with Gasteiger partial charge in [-0.1, -0.05) is 0 Å². The van der Waals surface area contributed by atoms with Crippen molar-refractivity contribution in [3.05, 3.63) is 106 Å². The second kappa shape index (κ2) is 10.9. The second-order valence-corrected chi connectivity index (χ2v) is 42.8. The Labute approximate surface area is 243 Å². The van der Waals surface area contributed by atoms with Gasteiger partial charge in [-0.25, -0.2) is 0 Å². The van der Waals surface area contributed by atoms with Gasteiger partial charge in [0, 0.05) is 0 Å². The predicted molar refractivity (Wildman–Crippen MR) is 174 cm³/mol. The van der Waals surface area contributed by atoms with Gasteiger partial charge in [0.25, 0.3) is 0 Å². The van der Waals surface area contributed by atoms with E-state index in [1.165, 1.54) is 58.4 Å². The van der Waals surface area contributed by atoms with Gasteiger partial charge in [0.2, 0.25) is 0 Å². The third-order valence-electron chi connectivity index (χ3n) is 8.98. The van der Waals surface area contributed by atoms with E-state index in [0.717, 1.165) is 0 Å². The van der Waals surface area contributed by atoms with E-state index in [9.17, 15) is 0 Å². The maximum absolute atomic E-state index is 3.59. The minimum atomic E-state index is -3.59. The van der Waals surface area contributed by atoms with Crippen LogP contribution in [0.25, 0.3) is 33.7 Å². The number of hydrogen-bond donors (Lipinski definition) is 0. The molecule has 0 heterocycles. The summed E-state index contributed by atoms with van der Waals surface area (Å²) >= 11 is -3.59. The molecule has 4 aromatic carbocycles. The summed E-state index contributed by atoms with van der Waals surface area (Å²) < 4.78 is 6.77. The van der Waals surface area contributed by atoms with Crippen LogP contribution in [0.2, 0.25) is 9.26 Å². The van der Waals surface area contributed by atoms with Crippen molar-refractivity contribution in [3.63, 3.8) is 0 Å². The van der Waals surface area contributed by atoms with E-state index in [0.29, 0.717) is 7.25 Å². The van der Waals surface area contributed by atoms with Gasteiger partial charge in [-0.2, -0.15) is 0 Å². The Morgan fingerprint density at radius 2 is 1.00 bits per heavy atom. The molecule has 0 N–H and O–H groups in total. The molecule has 0 saturated heterocycles. The van der Waals surface area contributed by atoms with E-state index in [4.69, 9.17) is 0 Å². The average molecular weight is 639 g/mol. The molecular formula is C34H40Cl2SiZr. The first-order valence-electron chi connectivity index (χ1n) is 13.8. The van der Waals surface area contributed by atoms with Crippen molar-refractivity contribution in [1.29, 1.82) is 0 Å². The molecule has 0 aliphatic heterocycles. The van der Waals surface area contributed by atoms with Gasteiger partial charge >= 0.3 is 220 Å². The fourth-order valence-corrected chi connectivity index (χ4v) is 27.5. The second-order valence-electron chi connectivity index (χ2n) is 12.3. The Morgan fingerprint density at radius 3 is 1.39 bits per heavy atom. The number of rotatable bonds is 6. The summed E-state index contributed by atoms with van der Waals surface area (Å²) in [5.74, 6) is 0. The molecule has 0 saturated carbocycles. The maximum Gasteiger partial charge on any atom is -0.147 e. The molecule has 6 rings (SSSR count). The van der Waals surface area contributed by atoms with Gasteiger partial charge in [-0.3, -0.25) is 0 Å². The number of benzene rings is 4. The fourth-order valence-electron chi connectivity index (χ4n) is 7.80. The molecule has 0 bridgehead atoms. The zero-order valence-corrected chi connectivity index (χ0v) is 28.6. The molecule has 0 radical (unpaired) electrons. The summed E-state index contributed by atoms with van der Waals surface area (Å²) in [7, 11) is 0. The van der Waals surface area contributed by atoms with Gasteiger partial charge in [0.1, 0.15) is 0 Å². The van der Waals surface area contributed by atoms with E-state index in [1.54, 1.807) is 22.3 Å². The van der Waals surface area contributed by atoms with Crippen LogP contribution in [0.4, 0.5) is 0 Å². The van der Waals surface area contributed by atoms with Crippen LogP contribution in [0.15, 0.2) is 83.9 Å². The molecule has 0 fully saturated rings. The van der Waals surface area contributed by atoms with Gasteiger partial charge in [-0.05, 0) is 0 Å². The third-order valence-corrected chi connectivity index (χ3v) is 26.4. The van der Waals surface area contributed by atoms with E-state index >= 15 is 0 Å². The van der Waals surface area contributed by atoms with Gasteiger partial charge in [-0.15, -0.1) is 24.8 Å². The summed E-state index contributed by atoms with van der Waals surface area (Å²) in [5.41, 5.74) is 9.67. The molecule has 4 aromatic rings. The fraction of sp³-hybridized carbons (Fsp3) is 0.294. The van der Waals surface area contributed by atoms with Gasteiger partial charge in [0.05, 0.1) is 0 Å². The molecule has 38 heavy (non-hydrogen) atoms. The molecule has 198 valence electrons. The average Bonchev–Trinajstić information content (AvgIpc) is 3.44. The first kappa shape index (κ1) is 29.5. The number of allylic oxidation sites excluding steroid dienone is 2.